The maximum atomic E-state index is 12.8. The lowest BCUT2D eigenvalue weighted by Crippen LogP contribution is -2.17. The van der Waals surface area contributed by atoms with Crippen LogP contribution in [-0.4, -0.2) is 6.36 Å². The number of alkyl halides is 6. The summed E-state index contributed by atoms with van der Waals surface area (Å²) in [6, 6.07) is 7.99. The van der Waals surface area contributed by atoms with Crippen LogP contribution in [0.5, 0.6) is 5.75 Å². The minimum Gasteiger partial charge on any atom is -0.405 e. The normalized spacial score (nSPS) is 12.3. The lowest BCUT2D eigenvalue weighted by atomic mass is 9.97. The molecule has 0 fully saturated rings. The molecule has 118 valence electrons. The van der Waals surface area contributed by atoms with Crippen molar-refractivity contribution in [2.45, 2.75) is 19.5 Å². The van der Waals surface area contributed by atoms with Crippen LogP contribution >= 0.6 is 0 Å². The van der Waals surface area contributed by atoms with Gasteiger partial charge in [-0.2, -0.15) is 13.2 Å². The molecule has 0 aliphatic carbocycles. The van der Waals surface area contributed by atoms with Crippen molar-refractivity contribution in [1.82, 2.24) is 0 Å². The van der Waals surface area contributed by atoms with Crippen LogP contribution < -0.4 is 4.74 Å². The Morgan fingerprint density at radius 1 is 0.818 bits per heavy atom. The lowest BCUT2D eigenvalue weighted by molar-refractivity contribution is -0.274. The molecule has 0 bridgehead atoms. The van der Waals surface area contributed by atoms with Crippen LogP contribution in [0.4, 0.5) is 26.3 Å². The van der Waals surface area contributed by atoms with E-state index in [1.165, 1.54) is 31.2 Å². The SMILES string of the molecule is Cc1ccc(C(F)(F)F)cc1-c1ccccc1OC(F)(F)F. The third-order valence-electron chi connectivity index (χ3n) is 2.97. The molecule has 2 aromatic rings. The summed E-state index contributed by atoms with van der Waals surface area (Å²) in [7, 11) is 0. The maximum absolute atomic E-state index is 12.8. The van der Waals surface area contributed by atoms with E-state index in [0.717, 1.165) is 18.2 Å². The first kappa shape index (κ1) is 16.2. The highest BCUT2D eigenvalue weighted by atomic mass is 19.4. The van der Waals surface area contributed by atoms with Gasteiger partial charge in [0.25, 0.3) is 0 Å². The fourth-order valence-corrected chi connectivity index (χ4v) is 1.99. The molecule has 0 radical (unpaired) electrons. The zero-order valence-corrected chi connectivity index (χ0v) is 11.2. The van der Waals surface area contributed by atoms with Crippen LogP contribution in [0, 0.1) is 6.92 Å². The van der Waals surface area contributed by atoms with E-state index >= 15 is 0 Å². The molecule has 7 heteroatoms. The molecule has 0 unspecified atom stereocenters. The van der Waals surface area contributed by atoms with Crippen molar-refractivity contribution in [3.05, 3.63) is 53.6 Å². The summed E-state index contributed by atoms with van der Waals surface area (Å²) in [6.45, 7) is 1.51. The highest BCUT2D eigenvalue weighted by Crippen LogP contribution is 2.38. The monoisotopic (exact) mass is 320 g/mol. The van der Waals surface area contributed by atoms with Gasteiger partial charge in [0.05, 0.1) is 5.56 Å². The summed E-state index contributed by atoms with van der Waals surface area (Å²) >= 11 is 0. The van der Waals surface area contributed by atoms with Crippen LogP contribution in [0.2, 0.25) is 0 Å². The van der Waals surface area contributed by atoms with Gasteiger partial charge in [-0.3, -0.25) is 0 Å². The molecule has 2 rings (SSSR count). The fraction of sp³-hybridized carbons (Fsp3) is 0.200. The number of aryl methyl sites for hydroxylation is 1. The summed E-state index contributed by atoms with van der Waals surface area (Å²) in [4.78, 5) is 0. The Balaban J connectivity index is 2.57. The highest BCUT2D eigenvalue weighted by molar-refractivity contribution is 5.74. The van der Waals surface area contributed by atoms with E-state index < -0.39 is 23.9 Å². The van der Waals surface area contributed by atoms with E-state index in [-0.39, 0.29) is 11.1 Å². The van der Waals surface area contributed by atoms with Crippen LogP contribution in [0.15, 0.2) is 42.5 Å². The van der Waals surface area contributed by atoms with Crippen LogP contribution in [0.1, 0.15) is 11.1 Å². The zero-order chi connectivity index (χ0) is 16.5. The van der Waals surface area contributed by atoms with Crippen molar-refractivity contribution in [1.29, 1.82) is 0 Å². The standard InChI is InChI=1S/C15H10F6O/c1-9-6-7-10(14(16,17)18)8-12(9)11-4-2-3-5-13(11)22-15(19,20)21/h2-8H,1H3. The van der Waals surface area contributed by atoms with Gasteiger partial charge in [0.15, 0.2) is 0 Å². The molecule has 0 aliphatic heterocycles. The Morgan fingerprint density at radius 2 is 1.45 bits per heavy atom. The van der Waals surface area contributed by atoms with Crippen molar-refractivity contribution < 1.29 is 31.1 Å². The number of benzene rings is 2. The predicted molar refractivity (Wildman–Crippen MR) is 68.3 cm³/mol. The minimum absolute atomic E-state index is 0.0367. The predicted octanol–water partition coefficient (Wildman–Crippen LogP) is 5.58. The van der Waals surface area contributed by atoms with Gasteiger partial charge in [0.2, 0.25) is 0 Å². The average molecular weight is 320 g/mol. The zero-order valence-electron chi connectivity index (χ0n) is 11.2. The second-order valence-corrected chi connectivity index (χ2v) is 4.57. The van der Waals surface area contributed by atoms with Crippen LogP contribution in [0.3, 0.4) is 0 Å². The van der Waals surface area contributed by atoms with Crippen LogP contribution in [-0.2, 0) is 6.18 Å². The Labute approximate surface area is 122 Å². The molecule has 0 saturated heterocycles. The maximum Gasteiger partial charge on any atom is 0.573 e. The van der Waals surface area contributed by atoms with E-state index in [0.29, 0.717) is 5.56 Å². The molecule has 2 aromatic carbocycles. The molecule has 0 atom stereocenters. The first-order chi connectivity index (χ1) is 10.1. The van der Waals surface area contributed by atoms with Gasteiger partial charge < -0.3 is 4.74 Å². The van der Waals surface area contributed by atoms with Crippen molar-refractivity contribution in [3.63, 3.8) is 0 Å². The summed E-state index contributed by atoms with van der Waals surface area (Å²) in [5.41, 5.74) is -0.542. The van der Waals surface area contributed by atoms with Crippen molar-refractivity contribution >= 4 is 0 Å². The molecular formula is C15H10F6O. The summed E-state index contributed by atoms with van der Waals surface area (Å²) in [6.07, 6.45) is -9.51. The van der Waals surface area contributed by atoms with Gasteiger partial charge in [-0.25, -0.2) is 0 Å². The molecule has 0 saturated carbocycles. The van der Waals surface area contributed by atoms with E-state index in [4.69, 9.17) is 0 Å². The van der Waals surface area contributed by atoms with Gasteiger partial charge in [0.1, 0.15) is 5.75 Å². The van der Waals surface area contributed by atoms with Gasteiger partial charge in [-0.1, -0.05) is 24.3 Å². The van der Waals surface area contributed by atoms with Crippen molar-refractivity contribution in [3.8, 4) is 16.9 Å². The Morgan fingerprint density at radius 3 is 2.05 bits per heavy atom. The largest absolute Gasteiger partial charge is 0.573 e. The summed E-state index contributed by atoms with van der Waals surface area (Å²) in [5.74, 6) is -0.544. The Hall–Kier alpha value is -2.18. The first-order valence-electron chi connectivity index (χ1n) is 6.11. The third kappa shape index (κ3) is 3.72. The van der Waals surface area contributed by atoms with Gasteiger partial charge in [-0.15, -0.1) is 13.2 Å². The van der Waals surface area contributed by atoms with Crippen molar-refractivity contribution in [2.75, 3.05) is 0 Å². The molecule has 22 heavy (non-hydrogen) atoms. The van der Waals surface area contributed by atoms with Gasteiger partial charge in [-0.05, 0) is 36.2 Å². The summed E-state index contributed by atoms with van der Waals surface area (Å²) < 4.78 is 79.4. The summed E-state index contributed by atoms with van der Waals surface area (Å²) in [5, 5.41) is 0. The Bertz CT molecular complexity index is 672. The second-order valence-electron chi connectivity index (χ2n) is 4.57. The number of para-hydroxylation sites is 1. The van der Waals surface area contributed by atoms with E-state index in [2.05, 4.69) is 4.74 Å². The van der Waals surface area contributed by atoms with Gasteiger partial charge in [0, 0.05) is 5.56 Å². The Kier molecular flexibility index (Phi) is 4.08. The average Bonchev–Trinajstić information content (AvgIpc) is 2.37. The topological polar surface area (TPSA) is 9.23 Å². The molecule has 0 spiro atoms. The quantitative estimate of drug-likeness (QED) is 0.656. The fourth-order valence-electron chi connectivity index (χ4n) is 1.99. The van der Waals surface area contributed by atoms with E-state index in [9.17, 15) is 26.3 Å². The number of rotatable bonds is 2. The molecule has 1 nitrogen and oxygen atoms in total. The molecular weight excluding hydrogens is 310 g/mol. The molecule has 0 aliphatic rings. The molecule has 0 aromatic heterocycles. The number of hydrogen-bond donors (Lipinski definition) is 0. The smallest absolute Gasteiger partial charge is 0.405 e. The third-order valence-corrected chi connectivity index (χ3v) is 2.97. The van der Waals surface area contributed by atoms with E-state index in [1.54, 1.807) is 0 Å². The number of halogens is 6. The van der Waals surface area contributed by atoms with Gasteiger partial charge >= 0.3 is 12.5 Å². The van der Waals surface area contributed by atoms with E-state index in [1.807, 2.05) is 0 Å². The molecule has 0 N–H and O–H groups in total. The molecule has 0 amide bonds. The lowest BCUT2D eigenvalue weighted by Gasteiger charge is -2.16. The number of ether oxygens (including phenoxy) is 1. The number of hydrogen-bond acceptors (Lipinski definition) is 1. The van der Waals surface area contributed by atoms with Crippen molar-refractivity contribution in [2.24, 2.45) is 0 Å². The minimum atomic E-state index is -4.92. The second kappa shape index (κ2) is 5.55. The molecule has 0 heterocycles. The first-order valence-corrected chi connectivity index (χ1v) is 6.11. The highest BCUT2D eigenvalue weighted by Gasteiger charge is 2.33. The van der Waals surface area contributed by atoms with Crippen LogP contribution in [0.25, 0.3) is 11.1 Å².